The summed E-state index contributed by atoms with van der Waals surface area (Å²) in [5.74, 6) is -0.0569. The average Bonchev–Trinajstić information content (AvgIpc) is 3.47. The smallest absolute Gasteiger partial charge is 0.350 e. The van der Waals surface area contributed by atoms with Crippen molar-refractivity contribution in [2.45, 2.75) is 53.5 Å². The minimum Gasteiger partial charge on any atom is -0.493 e. The fourth-order valence-corrected chi connectivity index (χ4v) is 5.90. The molecule has 1 aliphatic heterocycles. The molecule has 2 aromatic heterocycles. The van der Waals surface area contributed by atoms with Crippen LogP contribution in [0, 0.1) is 20.8 Å². The molecule has 41 heavy (non-hydrogen) atoms. The van der Waals surface area contributed by atoms with Gasteiger partial charge in [-0.05, 0) is 75.1 Å². The summed E-state index contributed by atoms with van der Waals surface area (Å²) in [6.07, 6.45) is 1.88. The first-order valence-corrected chi connectivity index (χ1v) is 14.4. The van der Waals surface area contributed by atoms with Crippen LogP contribution in [0.3, 0.4) is 0 Å². The molecule has 0 radical (unpaired) electrons. The molecular formula is C31H32N2O7S. The van der Waals surface area contributed by atoms with Crippen molar-refractivity contribution in [1.82, 2.24) is 4.98 Å². The summed E-state index contributed by atoms with van der Waals surface area (Å²) < 4.78 is 22.9. The Morgan fingerprint density at radius 1 is 1.07 bits per heavy atom. The van der Waals surface area contributed by atoms with Crippen LogP contribution in [0.2, 0.25) is 0 Å². The second-order valence-corrected chi connectivity index (χ2v) is 10.9. The SMILES string of the molecule is CCCCOc1ccc(C2c3c(oc4cc(C)c(C)cc4c3=O)C(=O)N2c2nc(C)c(C(=O)OCC)s2)cc1OC. The summed E-state index contributed by atoms with van der Waals surface area (Å²) in [6, 6.07) is 8.03. The molecule has 0 bridgehead atoms. The number of aromatic nitrogens is 1. The number of rotatable bonds is 9. The number of amides is 1. The number of ether oxygens (including phenoxy) is 3. The third kappa shape index (κ3) is 4.97. The Bertz CT molecular complexity index is 1720. The number of unbranched alkanes of at least 4 members (excludes halogenated alkanes) is 1. The van der Waals surface area contributed by atoms with Gasteiger partial charge >= 0.3 is 5.97 Å². The fraction of sp³-hybridized carbons (Fsp3) is 0.355. The van der Waals surface area contributed by atoms with Gasteiger partial charge in [-0.15, -0.1) is 0 Å². The number of hydrogen-bond acceptors (Lipinski definition) is 9. The van der Waals surface area contributed by atoms with Gasteiger partial charge in [-0.2, -0.15) is 0 Å². The first-order valence-electron chi connectivity index (χ1n) is 13.6. The van der Waals surface area contributed by atoms with E-state index in [1.807, 2.05) is 13.8 Å². The van der Waals surface area contributed by atoms with E-state index in [4.69, 9.17) is 18.6 Å². The van der Waals surface area contributed by atoms with Crippen LogP contribution in [0.1, 0.15) is 80.9 Å². The lowest BCUT2D eigenvalue weighted by Crippen LogP contribution is -2.29. The van der Waals surface area contributed by atoms with E-state index in [0.29, 0.717) is 40.3 Å². The topological polar surface area (TPSA) is 108 Å². The summed E-state index contributed by atoms with van der Waals surface area (Å²) in [5, 5.41) is 0.644. The molecule has 0 saturated heterocycles. The molecule has 1 aliphatic rings. The Morgan fingerprint density at radius 3 is 2.54 bits per heavy atom. The number of aryl methyl sites for hydroxylation is 3. The maximum absolute atomic E-state index is 14.1. The molecule has 214 valence electrons. The number of hydrogen-bond donors (Lipinski definition) is 0. The van der Waals surface area contributed by atoms with Crippen molar-refractivity contribution in [1.29, 1.82) is 0 Å². The molecule has 0 spiro atoms. The number of carbonyl (C=O) groups excluding carboxylic acids is 2. The molecule has 0 aliphatic carbocycles. The molecule has 2 aromatic carbocycles. The Balaban J connectivity index is 1.72. The van der Waals surface area contributed by atoms with Gasteiger partial charge in [0.25, 0.3) is 5.91 Å². The highest BCUT2D eigenvalue weighted by atomic mass is 32.1. The summed E-state index contributed by atoms with van der Waals surface area (Å²) in [4.78, 5) is 47.0. The summed E-state index contributed by atoms with van der Waals surface area (Å²) >= 11 is 1.04. The molecule has 3 heterocycles. The zero-order valence-electron chi connectivity index (χ0n) is 24.0. The van der Waals surface area contributed by atoms with Crippen LogP contribution >= 0.6 is 11.3 Å². The van der Waals surface area contributed by atoms with Crippen LogP contribution in [-0.4, -0.2) is 37.2 Å². The molecule has 10 heteroatoms. The molecule has 0 N–H and O–H groups in total. The molecule has 4 aromatic rings. The molecule has 1 atom stereocenters. The minimum absolute atomic E-state index is 0.0523. The fourth-order valence-electron chi connectivity index (χ4n) is 4.91. The maximum atomic E-state index is 14.1. The molecule has 1 amide bonds. The number of fused-ring (bicyclic) bond motifs is 2. The minimum atomic E-state index is -0.876. The Morgan fingerprint density at radius 2 is 1.83 bits per heavy atom. The van der Waals surface area contributed by atoms with E-state index in [1.165, 1.54) is 4.90 Å². The lowest BCUT2D eigenvalue weighted by Gasteiger charge is -2.23. The van der Waals surface area contributed by atoms with Crippen molar-refractivity contribution in [3.63, 3.8) is 0 Å². The first-order chi connectivity index (χ1) is 19.7. The van der Waals surface area contributed by atoms with Gasteiger partial charge in [-0.1, -0.05) is 30.7 Å². The van der Waals surface area contributed by atoms with Crippen LogP contribution in [0.5, 0.6) is 11.5 Å². The van der Waals surface area contributed by atoms with Crippen molar-refractivity contribution in [3.05, 3.63) is 79.1 Å². The average molecular weight is 577 g/mol. The Kier molecular flexibility index (Phi) is 7.86. The number of benzene rings is 2. The molecule has 1 unspecified atom stereocenters. The van der Waals surface area contributed by atoms with E-state index in [-0.39, 0.29) is 33.4 Å². The van der Waals surface area contributed by atoms with E-state index >= 15 is 0 Å². The highest BCUT2D eigenvalue weighted by molar-refractivity contribution is 7.17. The van der Waals surface area contributed by atoms with E-state index in [9.17, 15) is 14.4 Å². The molecule has 9 nitrogen and oxygen atoms in total. The maximum Gasteiger partial charge on any atom is 0.350 e. The van der Waals surface area contributed by atoms with Crippen molar-refractivity contribution in [2.24, 2.45) is 0 Å². The van der Waals surface area contributed by atoms with Crippen LogP contribution in [-0.2, 0) is 4.74 Å². The van der Waals surface area contributed by atoms with Crippen LogP contribution in [0.15, 0.2) is 39.5 Å². The van der Waals surface area contributed by atoms with Crippen LogP contribution in [0.4, 0.5) is 5.13 Å². The molecule has 5 rings (SSSR count). The zero-order valence-corrected chi connectivity index (χ0v) is 24.8. The Labute approximate surface area is 241 Å². The summed E-state index contributed by atoms with van der Waals surface area (Å²) in [7, 11) is 1.54. The highest BCUT2D eigenvalue weighted by Crippen LogP contribution is 2.45. The van der Waals surface area contributed by atoms with Gasteiger partial charge in [-0.3, -0.25) is 14.5 Å². The molecular weight excluding hydrogens is 544 g/mol. The van der Waals surface area contributed by atoms with Crippen molar-refractivity contribution in [2.75, 3.05) is 25.2 Å². The Hall–Kier alpha value is -4.18. The van der Waals surface area contributed by atoms with E-state index < -0.39 is 17.9 Å². The monoisotopic (exact) mass is 576 g/mol. The van der Waals surface area contributed by atoms with Crippen LogP contribution in [0.25, 0.3) is 11.0 Å². The number of thiazole rings is 1. The van der Waals surface area contributed by atoms with Crippen molar-refractivity contribution < 1.29 is 28.2 Å². The van der Waals surface area contributed by atoms with E-state index in [1.54, 1.807) is 51.3 Å². The van der Waals surface area contributed by atoms with Gasteiger partial charge in [0.15, 0.2) is 22.1 Å². The summed E-state index contributed by atoms with van der Waals surface area (Å²) in [6.45, 7) is 10.1. The van der Waals surface area contributed by atoms with E-state index in [0.717, 1.165) is 35.3 Å². The summed E-state index contributed by atoms with van der Waals surface area (Å²) in [5.41, 5.74) is 3.16. The first kappa shape index (κ1) is 28.4. The number of methoxy groups -OCH3 is 1. The van der Waals surface area contributed by atoms with Gasteiger partial charge in [0, 0.05) is 0 Å². The van der Waals surface area contributed by atoms with Crippen molar-refractivity contribution >= 4 is 39.3 Å². The highest BCUT2D eigenvalue weighted by Gasteiger charge is 2.45. The zero-order chi connectivity index (χ0) is 29.4. The number of carbonyl (C=O) groups is 2. The number of anilines is 1. The second kappa shape index (κ2) is 11.4. The normalized spacial score (nSPS) is 14.4. The quantitative estimate of drug-likeness (QED) is 0.169. The van der Waals surface area contributed by atoms with Gasteiger partial charge in [-0.25, -0.2) is 9.78 Å². The lowest BCUT2D eigenvalue weighted by molar-refractivity contribution is 0.0531. The van der Waals surface area contributed by atoms with Gasteiger partial charge in [0.1, 0.15) is 10.5 Å². The van der Waals surface area contributed by atoms with Crippen LogP contribution < -0.4 is 19.8 Å². The molecule has 0 fully saturated rings. The van der Waals surface area contributed by atoms with Gasteiger partial charge in [0.05, 0.1) is 43.0 Å². The standard InChI is InChI=1S/C31H32N2O7S/c1-7-9-12-39-21-11-10-19(15-23(21)37-6)25-24-26(34)20-13-16(3)17(4)14-22(20)40-27(24)29(35)33(25)31-32-18(5)28(41-31)30(36)38-8-2/h10-11,13-15,25H,7-9,12H2,1-6H3. The third-order valence-electron chi connectivity index (χ3n) is 7.20. The molecule has 0 saturated carbocycles. The third-order valence-corrected chi connectivity index (χ3v) is 8.33. The predicted octanol–water partition coefficient (Wildman–Crippen LogP) is 6.29. The second-order valence-electron chi connectivity index (χ2n) is 9.93. The van der Waals surface area contributed by atoms with Crippen molar-refractivity contribution in [3.8, 4) is 11.5 Å². The van der Waals surface area contributed by atoms with Gasteiger partial charge < -0.3 is 18.6 Å². The number of nitrogens with zero attached hydrogens (tertiary/aromatic N) is 2. The largest absolute Gasteiger partial charge is 0.493 e. The predicted molar refractivity (Wildman–Crippen MR) is 157 cm³/mol. The number of esters is 1. The van der Waals surface area contributed by atoms with Gasteiger partial charge in [0.2, 0.25) is 5.76 Å². The lowest BCUT2D eigenvalue weighted by atomic mass is 9.97. The van der Waals surface area contributed by atoms with E-state index in [2.05, 4.69) is 11.9 Å².